The molecule has 0 bridgehead atoms. The van der Waals surface area contributed by atoms with Crippen molar-refractivity contribution in [3.8, 4) is 0 Å². The number of aryl methyl sites for hydroxylation is 1. The zero-order chi connectivity index (χ0) is 18.8. The summed E-state index contributed by atoms with van der Waals surface area (Å²) in [6.45, 7) is 6.63. The van der Waals surface area contributed by atoms with Gasteiger partial charge in [-0.05, 0) is 63.5 Å². The normalized spacial score (nSPS) is 22.8. The summed E-state index contributed by atoms with van der Waals surface area (Å²) in [7, 11) is 0. The van der Waals surface area contributed by atoms with Crippen molar-refractivity contribution in [1.82, 2.24) is 9.88 Å². The third-order valence-electron chi connectivity index (χ3n) is 6.11. The number of hydrogen-bond donors (Lipinski definition) is 1. The van der Waals surface area contributed by atoms with E-state index in [4.69, 9.17) is 5.73 Å². The monoisotopic (exact) mass is 375 g/mol. The fourth-order valence-corrected chi connectivity index (χ4v) is 5.48. The summed E-state index contributed by atoms with van der Waals surface area (Å²) in [4.78, 5) is 31.5. The number of likely N-dealkylation sites (tertiary alicyclic amines) is 1. The molecule has 2 unspecified atom stereocenters. The number of thioether (sulfide) groups is 1. The van der Waals surface area contributed by atoms with Crippen LogP contribution in [0.4, 0.5) is 0 Å². The van der Waals surface area contributed by atoms with E-state index in [-0.39, 0.29) is 5.91 Å². The number of hydrogen-bond acceptors (Lipinski definition) is 4. The Bertz CT molecular complexity index is 717. The first-order valence-electron chi connectivity index (χ1n) is 9.60. The topological polar surface area (TPSA) is 76.3 Å². The lowest BCUT2D eigenvalue weighted by Crippen LogP contribution is -2.50. The van der Waals surface area contributed by atoms with Crippen LogP contribution in [0.5, 0.6) is 0 Å². The van der Waals surface area contributed by atoms with Crippen molar-refractivity contribution >= 4 is 23.6 Å². The molecule has 5 nitrogen and oxygen atoms in total. The van der Waals surface area contributed by atoms with Gasteiger partial charge in [0.25, 0.3) is 5.91 Å². The molecule has 2 N–H and O–H groups in total. The Hall–Kier alpha value is -1.56. The van der Waals surface area contributed by atoms with Crippen LogP contribution in [0, 0.1) is 26.7 Å². The van der Waals surface area contributed by atoms with Gasteiger partial charge in [0, 0.05) is 18.3 Å². The van der Waals surface area contributed by atoms with E-state index in [1.807, 2.05) is 20.8 Å². The van der Waals surface area contributed by atoms with Crippen molar-refractivity contribution in [3.63, 3.8) is 0 Å². The first-order valence-corrected chi connectivity index (χ1v) is 10.6. The number of aromatic nitrogens is 1. The molecule has 0 aromatic carbocycles. The van der Waals surface area contributed by atoms with Crippen LogP contribution in [0.15, 0.2) is 5.03 Å². The lowest BCUT2D eigenvalue weighted by atomic mass is 9.78. The predicted octanol–water partition coefficient (Wildman–Crippen LogP) is 3.38. The van der Waals surface area contributed by atoms with Gasteiger partial charge < -0.3 is 10.6 Å². The molecule has 2 amide bonds. The SMILES string of the molecule is Cc1nc(SCC(=O)N2CCCC3CCCCC32)c(C(N)=O)c(C)c1C. The molecule has 6 heteroatoms. The Kier molecular flexibility index (Phi) is 5.90. The van der Waals surface area contributed by atoms with Crippen LogP contribution in [0.25, 0.3) is 0 Å². The second-order valence-electron chi connectivity index (χ2n) is 7.62. The summed E-state index contributed by atoms with van der Waals surface area (Å²) in [5.74, 6) is 0.686. The number of carbonyl (C=O) groups is 2. The maximum atomic E-state index is 12.9. The van der Waals surface area contributed by atoms with E-state index < -0.39 is 5.91 Å². The molecule has 2 atom stereocenters. The minimum atomic E-state index is -0.474. The van der Waals surface area contributed by atoms with E-state index in [1.54, 1.807) is 0 Å². The maximum Gasteiger partial charge on any atom is 0.251 e. The largest absolute Gasteiger partial charge is 0.366 e. The third kappa shape index (κ3) is 3.75. The van der Waals surface area contributed by atoms with Crippen LogP contribution in [0.1, 0.15) is 65.7 Å². The van der Waals surface area contributed by atoms with Gasteiger partial charge >= 0.3 is 0 Å². The zero-order valence-corrected chi connectivity index (χ0v) is 16.8. The van der Waals surface area contributed by atoms with Gasteiger partial charge in [-0.3, -0.25) is 9.59 Å². The smallest absolute Gasteiger partial charge is 0.251 e. The molecule has 2 heterocycles. The lowest BCUT2D eigenvalue weighted by Gasteiger charge is -2.44. The van der Waals surface area contributed by atoms with Crippen molar-refractivity contribution < 1.29 is 9.59 Å². The highest BCUT2D eigenvalue weighted by atomic mass is 32.2. The Morgan fingerprint density at radius 2 is 1.81 bits per heavy atom. The molecule has 142 valence electrons. The lowest BCUT2D eigenvalue weighted by molar-refractivity contribution is -0.134. The van der Waals surface area contributed by atoms with E-state index in [0.29, 0.717) is 28.3 Å². The van der Waals surface area contributed by atoms with Crippen molar-refractivity contribution in [1.29, 1.82) is 0 Å². The minimum Gasteiger partial charge on any atom is -0.366 e. The standard InChI is InChI=1S/C20H29N3O2S/c1-12-13(2)18(19(21)25)20(22-14(12)3)26-11-17(24)23-10-6-8-15-7-4-5-9-16(15)23/h15-16H,4-11H2,1-3H3,(H2,21,25). The van der Waals surface area contributed by atoms with Gasteiger partial charge in [0.1, 0.15) is 5.03 Å². The summed E-state index contributed by atoms with van der Waals surface area (Å²) in [6.07, 6.45) is 7.27. The van der Waals surface area contributed by atoms with E-state index in [2.05, 4.69) is 9.88 Å². The van der Waals surface area contributed by atoms with Gasteiger partial charge in [-0.2, -0.15) is 0 Å². The molecule has 2 aliphatic rings. The molecule has 0 spiro atoms. The van der Waals surface area contributed by atoms with Crippen LogP contribution in [-0.2, 0) is 4.79 Å². The fraction of sp³-hybridized carbons (Fsp3) is 0.650. The number of amides is 2. The molecule has 1 aliphatic carbocycles. The van der Waals surface area contributed by atoms with E-state index in [9.17, 15) is 9.59 Å². The summed E-state index contributed by atoms with van der Waals surface area (Å²) in [6, 6.07) is 0.413. The Labute approximate surface area is 160 Å². The Morgan fingerprint density at radius 1 is 1.12 bits per heavy atom. The number of rotatable bonds is 4. The molecule has 0 radical (unpaired) electrons. The summed E-state index contributed by atoms with van der Waals surface area (Å²) in [5.41, 5.74) is 8.77. The van der Waals surface area contributed by atoms with Crippen LogP contribution < -0.4 is 5.73 Å². The summed E-state index contributed by atoms with van der Waals surface area (Å²) in [5, 5.41) is 0.587. The molecule has 3 rings (SSSR count). The molecule has 1 aromatic heterocycles. The highest BCUT2D eigenvalue weighted by Crippen LogP contribution is 2.36. The number of fused-ring (bicyclic) bond motifs is 1. The van der Waals surface area contributed by atoms with E-state index in [1.165, 1.54) is 37.4 Å². The first-order chi connectivity index (χ1) is 12.4. The number of carbonyl (C=O) groups excluding carboxylic acids is 2. The van der Waals surface area contributed by atoms with Crippen molar-refractivity contribution in [3.05, 3.63) is 22.4 Å². The molecule has 1 saturated carbocycles. The summed E-state index contributed by atoms with van der Waals surface area (Å²) < 4.78 is 0. The molecule has 26 heavy (non-hydrogen) atoms. The number of nitrogens with two attached hydrogens (primary N) is 1. The molecular weight excluding hydrogens is 346 g/mol. The maximum absolute atomic E-state index is 12.9. The fourth-order valence-electron chi connectivity index (χ4n) is 4.45. The van der Waals surface area contributed by atoms with Crippen LogP contribution in [0.2, 0.25) is 0 Å². The highest BCUT2D eigenvalue weighted by Gasteiger charge is 2.35. The first kappa shape index (κ1) is 19.2. The molecule has 1 aliphatic heterocycles. The van der Waals surface area contributed by atoms with Crippen molar-refractivity contribution in [2.45, 2.75) is 70.4 Å². The van der Waals surface area contributed by atoms with Crippen molar-refractivity contribution in [2.24, 2.45) is 11.7 Å². The molecule has 2 fully saturated rings. The Balaban J connectivity index is 1.74. The van der Waals surface area contributed by atoms with Gasteiger partial charge in [-0.25, -0.2) is 4.98 Å². The van der Waals surface area contributed by atoms with Crippen LogP contribution in [-0.4, -0.2) is 40.0 Å². The number of pyridine rings is 1. The van der Waals surface area contributed by atoms with E-state index >= 15 is 0 Å². The second-order valence-corrected chi connectivity index (χ2v) is 8.59. The van der Waals surface area contributed by atoms with Crippen LogP contribution >= 0.6 is 11.8 Å². The highest BCUT2D eigenvalue weighted by molar-refractivity contribution is 8.00. The van der Waals surface area contributed by atoms with Gasteiger partial charge in [0.05, 0.1) is 11.3 Å². The number of nitrogens with zero attached hydrogens (tertiary/aromatic N) is 2. The van der Waals surface area contributed by atoms with Gasteiger partial charge in [0.2, 0.25) is 5.91 Å². The van der Waals surface area contributed by atoms with Gasteiger partial charge in [-0.1, -0.05) is 24.6 Å². The third-order valence-corrected chi connectivity index (χ3v) is 7.07. The number of primary amides is 1. The molecular formula is C20H29N3O2S. The molecule has 1 saturated heterocycles. The minimum absolute atomic E-state index is 0.166. The number of piperidine rings is 1. The average Bonchev–Trinajstić information content (AvgIpc) is 2.63. The van der Waals surface area contributed by atoms with Crippen molar-refractivity contribution in [2.75, 3.05) is 12.3 Å². The quantitative estimate of drug-likeness (QED) is 0.819. The Morgan fingerprint density at radius 3 is 2.54 bits per heavy atom. The summed E-state index contributed by atoms with van der Waals surface area (Å²) >= 11 is 1.35. The predicted molar refractivity (Wildman–Crippen MR) is 104 cm³/mol. The van der Waals surface area contributed by atoms with Gasteiger partial charge in [0.15, 0.2) is 0 Å². The molecule has 1 aromatic rings. The van der Waals surface area contributed by atoms with E-state index in [0.717, 1.165) is 36.2 Å². The van der Waals surface area contributed by atoms with Crippen LogP contribution in [0.3, 0.4) is 0 Å². The average molecular weight is 376 g/mol. The zero-order valence-electron chi connectivity index (χ0n) is 16.0. The second kappa shape index (κ2) is 7.99. The van der Waals surface area contributed by atoms with Gasteiger partial charge in [-0.15, -0.1) is 0 Å².